The lowest BCUT2D eigenvalue weighted by atomic mass is 10.2. The topological polar surface area (TPSA) is 32.5 Å². The molecule has 1 aliphatic heterocycles. The third-order valence-electron chi connectivity index (χ3n) is 2.50. The summed E-state index contributed by atoms with van der Waals surface area (Å²) in [5.74, 6) is 0. The van der Waals surface area contributed by atoms with E-state index in [2.05, 4.69) is 23.8 Å². The second kappa shape index (κ2) is 4.04. The zero-order chi connectivity index (χ0) is 8.27. The SMILES string of the molecule is C[C@H](CN)N1CCN(C)CC1. The largest absolute Gasteiger partial charge is 0.329 e. The third kappa shape index (κ3) is 2.43. The fourth-order valence-corrected chi connectivity index (χ4v) is 1.41. The minimum atomic E-state index is 0.559. The van der Waals surface area contributed by atoms with Crippen LogP contribution >= 0.6 is 0 Å². The molecular weight excluding hydrogens is 138 g/mol. The lowest BCUT2D eigenvalue weighted by Crippen LogP contribution is -2.50. The summed E-state index contributed by atoms with van der Waals surface area (Å²) in [6.07, 6.45) is 0. The molecule has 0 amide bonds. The molecule has 0 bridgehead atoms. The number of likely N-dealkylation sites (N-methyl/N-ethyl adjacent to an activating group) is 1. The standard InChI is InChI=1S/C8H19N3/c1-8(7-9)11-5-3-10(2)4-6-11/h8H,3-7,9H2,1-2H3/t8-/m1/s1. The fraction of sp³-hybridized carbons (Fsp3) is 1.00. The third-order valence-corrected chi connectivity index (χ3v) is 2.50. The second-order valence-electron chi connectivity index (χ2n) is 3.42. The Hall–Kier alpha value is -0.120. The highest BCUT2D eigenvalue weighted by Gasteiger charge is 2.17. The molecular formula is C8H19N3. The van der Waals surface area contributed by atoms with Crippen LogP contribution in [0.3, 0.4) is 0 Å². The summed E-state index contributed by atoms with van der Waals surface area (Å²) in [4.78, 5) is 4.82. The van der Waals surface area contributed by atoms with E-state index in [1.807, 2.05) is 0 Å². The highest BCUT2D eigenvalue weighted by molar-refractivity contribution is 4.74. The molecule has 0 aromatic rings. The van der Waals surface area contributed by atoms with E-state index in [-0.39, 0.29) is 0 Å². The van der Waals surface area contributed by atoms with Crippen LogP contribution in [-0.2, 0) is 0 Å². The Balaban J connectivity index is 2.27. The minimum Gasteiger partial charge on any atom is -0.329 e. The van der Waals surface area contributed by atoms with Gasteiger partial charge in [0.2, 0.25) is 0 Å². The molecule has 1 saturated heterocycles. The van der Waals surface area contributed by atoms with Crippen LogP contribution in [0, 0.1) is 0 Å². The van der Waals surface area contributed by atoms with Gasteiger partial charge in [-0.05, 0) is 14.0 Å². The number of nitrogens with two attached hydrogens (primary N) is 1. The van der Waals surface area contributed by atoms with E-state index in [0.29, 0.717) is 6.04 Å². The molecule has 1 atom stereocenters. The molecule has 3 nitrogen and oxygen atoms in total. The molecule has 0 aliphatic carbocycles. The molecule has 1 rings (SSSR count). The van der Waals surface area contributed by atoms with Gasteiger partial charge in [-0.2, -0.15) is 0 Å². The van der Waals surface area contributed by atoms with Gasteiger partial charge in [-0.1, -0.05) is 0 Å². The van der Waals surface area contributed by atoms with E-state index in [9.17, 15) is 0 Å². The monoisotopic (exact) mass is 157 g/mol. The van der Waals surface area contributed by atoms with Crippen LogP contribution in [-0.4, -0.2) is 55.6 Å². The number of rotatable bonds is 2. The Kier molecular flexibility index (Phi) is 3.30. The van der Waals surface area contributed by atoms with E-state index in [1.165, 1.54) is 26.2 Å². The van der Waals surface area contributed by atoms with Crippen molar-refractivity contribution in [3.63, 3.8) is 0 Å². The first-order valence-electron chi connectivity index (χ1n) is 4.36. The van der Waals surface area contributed by atoms with Crippen LogP contribution < -0.4 is 5.73 Å². The van der Waals surface area contributed by atoms with E-state index >= 15 is 0 Å². The average Bonchev–Trinajstić information content (AvgIpc) is 2.05. The summed E-state index contributed by atoms with van der Waals surface area (Å²) in [5.41, 5.74) is 5.58. The predicted molar refractivity (Wildman–Crippen MR) is 47.6 cm³/mol. The van der Waals surface area contributed by atoms with Gasteiger partial charge in [0.1, 0.15) is 0 Å². The molecule has 2 N–H and O–H groups in total. The van der Waals surface area contributed by atoms with Gasteiger partial charge in [0, 0.05) is 38.8 Å². The van der Waals surface area contributed by atoms with Crippen LogP contribution in [0.25, 0.3) is 0 Å². The summed E-state index contributed by atoms with van der Waals surface area (Å²) in [6, 6.07) is 0.559. The first-order valence-corrected chi connectivity index (χ1v) is 4.36. The van der Waals surface area contributed by atoms with Gasteiger partial charge in [0.05, 0.1) is 0 Å². The lowest BCUT2D eigenvalue weighted by Gasteiger charge is -2.35. The summed E-state index contributed by atoms with van der Waals surface area (Å²) in [6.45, 7) is 7.70. The van der Waals surface area contributed by atoms with Gasteiger partial charge >= 0.3 is 0 Å². The van der Waals surface area contributed by atoms with Crippen molar-refractivity contribution in [2.24, 2.45) is 5.73 Å². The van der Waals surface area contributed by atoms with Crippen molar-refractivity contribution in [2.75, 3.05) is 39.8 Å². The van der Waals surface area contributed by atoms with Gasteiger partial charge < -0.3 is 10.6 Å². The van der Waals surface area contributed by atoms with Crippen molar-refractivity contribution < 1.29 is 0 Å². The molecule has 0 spiro atoms. The Morgan fingerprint density at radius 2 is 1.82 bits per heavy atom. The molecule has 0 saturated carbocycles. The minimum absolute atomic E-state index is 0.559. The molecule has 1 fully saturated rings. The van der Waals surface area contributed by atoms with Crippen molar-refractivity contribution in [2.45, 2.75) is 13.0 Å². The zero-order valence-corrected chi connectivity index (χ0v) is 7.58. The molecule has 1 heterocycles. The first-order chi connectivity index (χ1) is 5.24. The Morgan fingerprint density at radius 1 is 1.27 bits per heavy atom. The summed E-state index contributed by atoms with van der Waals surface area (Å²) < 4.78 is 0. The van der Waals surface area contributed by atoms with Crippen LogP contribution in [0.5, 0.6) is 0 Å². The molecule has 0 radical (unpaired) electrons. The predicted octanol–water partition coefficient (Wildman–Crippen LogP) is -0.419. The van der Waals surface area contributed by atoms with Crippen molar-refractivity contribution in [1.29, 1.82) is 0 Å². The number of nitrogens with zero attached hydrogens (tertiary/aromatic N) is 2. The van der Waals surface area contributed by atoms with E-state index in [1.54, 1.807) is 0 Å². The van der Waals surface area contributed by atoms with Gasteiger partial charge in [0.15, 0.2) is 0 Å². The lowest BCUT2D eigenvalue weighted by molar-refractivity contribution is 0.122. The van der Waals surface area contributed by atoms with Crippen molar-refractivity contribution >= 4 is 0 Å². The van der Waals surface area contributed by atoms with Crippen LogP contribution in [0.2, 0.25) is 0 Å². The smallest absolute Gasteiger partial charge is 0.0191 e. The van der Waals surface area contributed by atoms with Gasteiger partial charge in [-0.3, -0.25) is 4.90 Å². The number of hydrogen-bond acceptors (Lipinski definition) is 3. The average molecular weight is 157 g/mol. The van der Waals surface area contributed by atoms with Crippen molar-refractivity contribution in [3.8, 4) is 0 Å². The summed E-state index contributed by atoms with van der Waals surface area (Å²) >= 11 is 0. The van der Waals surface area contributed by atoms with Crippen LogP contribution in [0.1, 0.15) is 6.92 Å². The van der Waals surface area contributed by atoms with E-state index in [0.717, 1.165) is 6.54 Å². The Morgan fingerprint density at radius 3 is 2.27 bits per heavy atom. The molecule has 66 valence electrons. The molecule has 3 heteroatoms. The van der Waals surface area contributed by atoms with Gasteiger partial charge in [-0.15, -0.1) is 0 Å². The van der Waals surface area contributed by atoms with Crippen LogP contribution in [0.4, 0.5) is 0 Å². The molecule has 0 aromatic carbocycles. The maximum Gasteiger partial charge on any atom is 0.0191 e. The quantitative estimate of drug-likeness (QED) is 0.591. The normalized spacial score (nSPS) is 25.4. The fourth-order valence-electron chi connectivity index (χ4n) is 1.41. The van der Waals surface area contributed by atoms with Crippen LogP contribution in [0.15, 0.2) is 0 Å². The summed E-state index contributed by atoms with van der Waals surface area (Å²) in [5, 5.41) is 0. The summed E-state index contributed by atoms with van der Waals surface area (Å²) in [7, 11) is 2.17. The zero-order valence-electron chi connectivity index (χ0n) is 7.58. The highest BCUT2D eigenvalue weighted by Crippen LogP contribution is 2.02. The van der Waals surface area contributed by atoms with Crippen molar-refractivity contribution in [3.05, 3.63) is 0 Å². The molecule has 0 unspecified atom stereocenters. The Bertz CT molecular complexity index is 108. The van der Waals surface area contributed by atoms with Gasteiger partial charge in [-0.25, -0.2) is 0 Å². The first kappa shape index (κ1) is 8.97. The Labute approximate surface area is 69.1 Å². The van der Waals surface area contributed by atoms with Gasteiger partial charge in [0.25, 0.3) is 0 Å². The van der Waals surface area contributed by atoms with Crippen molar-refractivity contribution in [1.82, 2.24) is 9.80 Å². The number of piperazine rings is 1. The molecule has 0 aromatic heterocycles. The molecule has 1 aliphatic rings. The number of hydrogen-bond donors (Lipinski definition) is 1. The molecule has 11 heavy (non-hydrogen) atoms. The maximum atomic E-state index is 5.58. The van der Waals surface area contributed by atoms with E-state index in [4.69, 9.17) is 5.73 Å². The highest BCUT2D eigenvalue weighted by atomic mass is 15.3. The maximum absolute atomic E-state index is 5.58. The second-order valence-corrected chi connectivity index (χ2v) is 3.42. The van der Waals surface area contributed by atoms with E-state index < -0.39 is 0 Å².